The van der Waals surface area contributed by atoms with Gasteiger partial charge in [0, 0.05) is 12.2 Å². The SMILES string of the molecule is CCN(C(=O)c1nn[nH]n1)c1cccc(C)c1. The average molecular weight is 231 g/mol. The predicted octanol–water partition coefficient (Wildman–Crippen LogP) is 1.17. The number of anilines is 1. The molecule has 1 aromatic heterocycles. The monoisotopic (exact) mass is 231 g/mol. The number of nitrogens with zero attached hydrogens (tertiary/aromatic N) is 4. The van der Waals surface area contributed by atoms with Crippen molar-refractivity contribution in [3.63, 3.8) is 0 Å². The number of carbonyl (C=O) groups is 1. The number of hydrogen-bond donors (Lipinski definition) is 1. The van der Waals surface area contributed by atoms with Crippen molar-refractivity contribution >= 4 is 11.6 Å². The molecular weight excluding hydrogens is 218 g/mol. The van der Waals surface area contributed by atoms with Crippen LogP contribution in [0.25, 0.3) is 0 Å². The van der Waals surface area contributed by atoms with Crippen LogP contribution in [-0.4, -0.2) is 33.1 Å². The van der Waals surface area contributed by atoms with Gasteiger partial charge in [-0.2, -0.15) is 5.21 Å². The maximum absolute atomic E-state index is 12.1. The van der Waals surface area contributed by atoms with Crippen molar-refractivity contribution in [3.8, 4) is 0 Å². The molecule has 0 bridgehead atoms. The molecule has 1 N–H and O–H groups in total. The van der Waals surface area contributed by atoms with Gasteiger partial charge in [-0.05, 0) is 36.8 Å². The number of nitrogens with one attached hydrogen (secondary N) is 1. The highest BCUT2D eigenvalue weighted by Gasteiger charge is 2.19. The molecule has 2 rings (SSSR count). The highest BCUT2D eigenvalue weighted by atomic mass is 16.2. The van der Waals surface area contributed by atoms with Crippen molar-refractivity contribution in [1.29, 1.82) is 0 Å². The van der Waals surface area contributed by atoms with Crippen LogP contribution in [0.5, 0.6) is 0 Å². The fourth-order valence-electron chi connectivity index (χ4n) is 1.61. The van der Waals surface area contributed by atoms with Gasteiger partial charge in [-0.1, -0.05) is 12.1 Å². The number of carbonyl (C=O) groups excluding carboxylic acids is 1. The fraction of sp³-hybridized carbons (Fsp3) is 0.273. The second-order valence-corrected chi connectivity index (χ2v) is 3.62. The van der Waals surface area contributed by atoms with Gasteiger partial charge >= 0.3 is 0 Å². The van der Waals surface area contributed by atoms with Gasteiger partial charge in [0.25, 0.3) is 11.7 Å². The Morgan fingerprint density at radius 2 is 2.29 bits per heavy atom. The lowest BCUT2D eigenvalue weighted by atomic mass is 10.2. The molecule has 2 aromatic rings. The third-order valence-corrected chi connectivity index (χ3v) is 2.41. The molecule has 88 valence electrons. The Balaban J connectivity index is 2.31. The zero-order chi connectivity index (χ0) is 12.3. The van der Waals surface area contributed by atoms with E-state index < -0.39 is 0 Å². The number of tetrazole rings is 1. The second kappa shape index (κ2) is 4.73. The Kier molecular flexibility index (Phi) is 3.13. The molecule has 0 aliphatic rings. The smallest absolute Gasteiger partial charge is 0.299 e. The molecule has 0 saturated carbocycles. The van der Waals surface area contributed by atoms with E-state index >= 15 is 0 Å². The highest BCUT2D eigenvalue weighted by Crippen LogP contribution is 2.17. The van der Waals surface area contributed by atoms with Gasteiger partial charge in [-0.15, -0.1) is 10.2 Å². The topological polar surface area (TPSA) is 74.8 Å². The third kappa shape index (κ3) is 2.30. The van der Waals surface area contributed by atoms with E-state index in [-0.39, 0.29) is 11.7 Å². The number of amides is 1. The van der Waals surface area contributed by atoms with E-state index in [1.165, 1.54) is 0 Å². The molecule has 17 heavy (non-hydrogen) atoms. The predicted molar refractivity (Wildman–Crippen MR) is 62.7 cm³/mol. The summed E-state index contributed by atoms with van der Waals surface area (Å²) in [4.78, 5) is 13.7. The number of H-pyrrole nitrogens is 1. The zero-order valence-corrected chi connectivity index (χ0v) is 9.71. The van der Waals surface area contributed by atoms with Gasteiger partial charge in [0.1, 0.15) is 0 Å². The molecule has 0 unspecified atom stereocenters. The van der Waals surface area contributed by atoms with E-state index in [0.717, 1.165) is 11.3 Å². The Labute approximate surface area is 98.6 Å². The lowest BCUT2D eigenvalue weighted by Crippen LogP contribution is -2.31. The van der Waals surface area contributed by atoms with Gasteiger partial charge in [-0.3, -0.25) is 4.79 Å². The number of hydrogen-bond acceptors (Lipinski definition) is 4. The summed E-state index contributed by atoms with van der Waals surface area (Å²) in [6, 6.07) is 7.73. The molecule has 0 fully saturated rings. The summed E-state index contributed by atoms with van der Waals surface area (Å²) in [5.41, 5.74) is 1.93. The molecule has 1 aromatic carbocycles. The van der Waals surface area contributed by atoms with Crippen LogP contribution in [0.15, 0.2) is 24.3 Å². The van der Waals surface area contributed by atoms with E-state index in [2.05, 4.69) is 20.6 Å². The Bertz CT molecular complexity index is 508. The summed E-state index contributed by atoms with van der Waals surface area (Å²) < 4.78 is 0. The first-order chi connectivity index (χ1) is 8.22. The third-order valence-electron chi connectivity index (χ3n) is 2.41. The van der Waals surface area contributed by atoms with Crippen molar-refractivity contribution in [1.82, 2.24) is 20.6 Å². The van der Waals surface area contributed by atoms with Crippen LogP contribution < -0.4 is 4.90 Å². The maximum atomic E-state index is 12.1. The molecule has 0 radical (unpaired) electrons. The normalized spacial score (nSPS) is 10.2. The molecule has 1 heterocycles. The number of aromatic amines is 1. The highest BCUT2D eigenvalue weighted by molar-refractivity contribution is 6.03. The molecule has 0 atom stereocenters. The largest absolute Gasteiger partial charge is 0.306 e. The Morgan fingerprint density at radius 3 is 2.88 bits per heavy atom. The van der Waals surface area contributed by atoms with Crippen LogP contribution in [0.1, 0.15) is 23.1 Å². The van der Waals surface area contributed by atoms with Crippen molar-refractivity contribution in [2.45, 2.75) is 13.8 Å². The Hall–Kier alpha value is -2.24. The Morgan fingerprint density at radius 1 is 1.47 bits per heavy atom. The van der Waals surface area contributed by atoms with Crippen LogP contribution in [0, 0.1) is 6.92 Å². The maximum Gasteiger partial charge on any atom is 0.299 e. The molecule has 6 heteroatoms. The molecule has 6 nitrogen and oxygen atoms in total. The second-order valence-electron chi connectivity index (χ2n) is 3.62. The van der Waals surface area contributed by atoms with Crippen molar-refractivity contribution in [3.05, 3.63) is 35.7 Å². The number of aromatic nitrogens is 4. The lowest BCUT2D eigenvalue weighted by molar-refractivity contribution is 0.0978. The average Bonchev–Trinajstić information content (AvgIpc) is 2.83. The fourth-order valence-corrected chi connectivity index (χ4v) is 1.61. The first-order valence-corrected chi connectivity index (χ1v) is 5.34. The molecule has 0 aliphatic heterocycles. The van der Waals surface area contributed by atoms with E-state index in [9.17, 15) is 4.79 Å². The molecular formula is C11H13N5O. The summed E-state index contributed by atoms with van der Waals surface area (Å²) in [5.74, 6) is -0.180. The van der Waals surface area contributed by atoms with Gasteiger partial charge in [0.2, 0.25) is 0 Å². The first-order valence-electron chi connectivity index (χ1n) is 5.34. The number of rotatable bonds is 3. The molecule has 0 aliphatic carbocycles. The molecule has 0 saturated heterocycles. The summed E-state index contributed by atoms with van der Waals surface area (Å²) in [5, 5.41) is 13.1. The van der Waals surface area contributed by atoms with Crippen molar-refractivity contribution < 1.29 is 4.79 Å². The summed E-state index contributed by atoms with van der Waals surface area (Å²) in [6.07, 6.45) is 0. The minimum atomic E-state index is -0.258. The summed E-state index contributed by atoms with van der Waals surface area (Å²) in [6.45, 7) is 4.44. The van der Waals surface area contributed by atoms with Crippen LogP contribution >= 0.6 is 0 Å². The lowest BCUT2D eigenvalue weighted by Gasteiger charge is -2.19. The molecule has 0 spiro atoms. The van der Waals surface area contributed by atoms with Crippen LogP contribution in [0.3, 0.4) is 0 Å². The minimum absolute atomic E-state index is 0.0772. The van der Waals surface area contributed by atoms with Crippen molar-refractivity contribution in [2.75, 3.05) is 11.4 Å². The molecule has 1 amide bonds. The van der Waals surface area contributed by atoms with E-state index in [4.69, 9.17) is 0 Å². The van der Waals surface area contributed by atoms with Gasteiger partial charge in [0.15, 0.2) is 0 Å². The quantitative estimate of drug-likeness (QED) is 0.860. The number of aryl methyl sites for hydroxylation is 1. The minimum Gasteiger partial charge on any atom is -0.306 e. The van der Waals surface area contributed by atoms with E-state index in [1.807, 2.05) is 38.1 Å². The van der Waals surface area contributed by atoms with Crippen LogP contribution in [-0.2, 0) is 0 Å². The van der Waals surface area contributed by atoms with Gasteiger partial charge in [-0.25, -0.2) is 0 Å². The van der Waals surface area contributed by atoms with Gasteiger partial charge in [0.05, 0.1) is 0 Å². The number of benzene rings is 1. The summed E-state index contributed by atoms with van der Waals surface area (Å²) >= 11 is 0. The van der Waals surface area contributed by atoms with Crippen LogP contribution in [0.2, 0.25) is 0 Å². The standard InChI is InChI=1S/C11H13N5O/c1-3-16(9-6-4-5-8(2)7-9)11(17)10-12-14-15-13-10/h4-7H,3H2,1-2H3,(H,12,13,14,15). The zero-order valence-electron chi connectivity index (χ0n) is 9.71. The van der Waals surface area contributed by atoms with E-state index in [0.29, 0.717) is 6.54 Å². The van der Waals surface area contributed by atoms with Crippen molar-refractivity contribution in [2.24, 2.45) is 0 Å². The first kappa shape index (κ1) is 11.3. The van der Waals surface area contributed by atoms with Crippen LogP contribution in [0.4, 0.5) is 5.69 Å². The van der Waals surface area contributed by atoms with Gasteiger partial charge < -0.3 is 4.90 Å². The summed E-state index contributed by atoms with van der Waals surface area (Å²) in [7, 11) is 0. The van der Waals surface area contributed by atoms with E-state index in [1.54, 1.807) is 4.90 Å².